The Morgan fingerprint density at radius 2 is 2.04 bits per heavy atom. The number of rotatable bonds is 2. The maximum Gasteiger partial charge on any atom is 0.416 e. The number of amides is 1. The third-order valence-corrected chi connectivity index (χ3v) is 4.17. The Morgan fingerprint density at radius 3 is 2.56 bits per heavy atom. The highest BCUT2D eigenvalue weighted by molar-refractivity contribution is 6.29. The molecular weight excluding hydrogens is 361 g/mol. The quantitative estimate of drug-likeness (QED) is 0.796. The molecule has 0 radical (unpaired) electrons. The Morgan fingerprint density at radius 1 is 1.40 bits per heavy atom. The molecule has 2 rings (SSSR count). The van der Waals surface area contributed by atoms with Crippen LogP contribution >= 0.6 is 11.6 Å². The van der Waals surface area contributed by atoms with Crippen LogP contribution in [0.5, 0.6) is 0 Å². The minimum atomic E-state index is -4.58. The zero-order chi connectivity index (χ0) is 19.0. The van der Waals surface area contributed by atoms with E-state index in [1.807, 2.05) is 0 Å². The molecule has 1 saturated heterocycles. The molecule has 1 aromatic heterocycles. The van der Waals surface area contributed by atoms with Gasteiger partial charge in [0.25, 0.3) is 0 Å². The Labute approximate surface area is 148 Å². The molecule has 1 fully saturated rings. The van der Waals surface area contributed by atoms with Gasteiger partial charge in [-0.1, -0.05) is 11.6 Å². The smallest absolute Gasteiger partial charge is 0.416 e. The molecule has 0 aliphatic carbocycles. The van der Waals surface area contributed by atoms with Gasteiger partial charge in [-0.3, -0.25) is 0 Å². The molecule has 1 aromatic rings. The number of hydrogen-bond acceptors (Lipinski definition) is 4. The molecule has 0 bridgehead atoms. The van der Waals surface area contributed by atoms with Crippen molar-refractivity contribution in [3.8, 4) is 0 Å². The second-order valence-corrected chi connectivity index (χ2v) is 7.54. The third-order valence-electron chi connectivity index (χ3n) is 3.97. The van der Waals surface area contributed by atoms with Crippen molar-refractivity contribution in [1.82, 2.24) is 9.88 Å². The summed E-state index contributed by atoms with van der Waals surface area (Å²) in [6, 6.07) is 1.61. The first-order chi connectivity index (χ1) is 11.4. The Bertz CT molecular complexity index is 661. The SMILES string of the molecule is CC(C)(C)OC(=O)N1CCC(CO)(c2cc(C(F)(F)F)cc(Cl)n2)C1. The van der Waals surface area contributed by atoms with Gasteiger partial charge in [0.1, 0.15) is 10.8 Å². The van der Waals surface area contributed by atoms with E-state index in [-0.39, 0.29) is 30.4 Å². The van der Waals surface area contributed by atoms with Crippen LogP contribution in [0.3, 0.4) is 0 Å². The molecule has 25 heavy (non-hydrogen) atoms. The number of aromatic nitrogens is 1. The van der Waals surface area contributed by atoms with E-state index in [1.165, 1.54) is 4.90 Å². The summed E-state index contributed by atoms with van der Waals surface area (Å²) in [7, 11) is 0. The van der Waals surface area contributed by atoms with E-state index in [4.69, 9.17) is 16.3 Å². The van der Waals surface area contributed by atoms with Crippen molar-refractivity contribution in [3.63, 3.8) is 0 Å². The van der Waals surface area contributed by atoms with Gasteiger partial charge in [-0.15, -0.1) is 0 Å². The number of halogens is 4. The van der Waals surface area contributed by atoms with Crippen LogP contribution in [0.4, 0.5) is 18.0 Å². The van der Waals surface area contributed by atoms with Crippen LogP contribution in [0.15, 0.2) is 12.1 Å². The molecule has 1 N–H and O–H groups in total. The van der Waals surface area contributed by atoms with Gasteiger partial charge in [-0.05, 0) is 39.3 Å². The van der Waals surface area contributed by atoms with Gasteiger partial charge in [-0.2, -0.15) is 13.2 Å². The van der Waals surface area contributed by atoms with E-state index in [9.17, 15) is 23.1 Å². The molecule has 0 saturated carbocycles. The molecule has 1 aliphatic heterocycles. The average Bonchev–Trinajstić information content (AvgIpc) is 2.90. The minimum absolute atomic E-state index is 0.00303. The van der Waals surface area contributed by atoms with Gasteiger partial charge >= 0.3 is 12.3 Å². The standard InChI is InChI=1S/C16H20ClF3N2O3/c1-14(2,3)25-13(24)22-5-4-15(8-22,9-23)11-6-10(16(18,19)20)7-12(17)21-11/h6-7,23H,4-5,8-9H2,1-3H3. The molecule has 5 nitrogen and oxygen atoms in total. The molecule has 1 atom stereocenters. The summed E-state index contributed by atoms with van der Waals surface area (Å²) in [5, 5.41) is 9.53. The fourth-order valence-electron chi connectivity index (χ4n) is 2.71. The summed E-state index contributed by atoms with van der Waals surface area (Å²) < 4.78 is 44.3. The van der Waals surface area contributed by atoms with Gasteiger partial charge in [-0.25, -0.2) is 9.78 Å². The largest absolute Gasteiger partial charge is 0.444 e. The zero-order valence-corrected chi connectivity index (χ0v) is 14.9. The topological polar surface area (TPSA) is 62.7 Å². The first-order valence-corrected chi connectivity index (χ1v) is 8.08. The second-order valence-electron chi connectivity index (χ2n) is 7.15. The van der Waals surface area contributed by atoms with Gasteiger partial charge in [0.15, 0.2) is 0 Å². The van der Waals surface area contributed by atoms with E-state index in [1.54, 1.807) is 20.8 Å². The van der Waals surface area contributed by atoms with Crippen LogP contribution in [0.25, 0.3) is 0 Å². The number of nitrogens with zero attached hydrogens (tertiary/aromatic N) is 2. The average molecular weight is 381 g/mol. The first-order valence-electron chi connectivity index (χ1n) is 7.70. The second kappa shape index (κ2) is 6.64. The molecule has 1 unspecified atom stereocenters. The number of ether oxygens (including phenoxy) is 1. The van der Waals surface area contributed by atoms with Crippen LogP contribution in [-0.2, 0) is 16.3 Å². The molecule has 0 aromatic carbocycles. The lowest BCUT2D eigenvalue weighted by molar-refractivity contribution is -0.137. The third kappa shape index (κ3) is 4.55. The van der Waals surface area contributed by atoms with Crippen LogP contribution in [-0.4, -0.2) is 46.4 Å². The van der Waals surface area contributed by atoms with Crippen LogP contribution in [0, 0.1) is 0 Å². The van der Waals surface area contributed by atoms with Crippen LogP contribution in [0.2, 0.25) is 5.15 Å². The Kier molecular flexibility index (Phi) is 5.26. The van der Waals surface area contributed by atoms with Crippen molar-refractivity contribution in [2.75, 3.05) is 19.7 Å². The summed E-state index contributed by atoms with van der Waals surface area (Å²) in [6.07, 6.45) is -4.91. The minimum Gasteiger partial charge on any atom is -0.444 e. The highest BCUT2D eigenvalue weighted by Crippen LogP contribution is 2.38. The predicted molar refractivity (Wildman–Crippen MR) is 85.4 cm³/mol. The predicted octanol–water partition coefficient (Wildman–Crippen LogP) is 3.62. The van der Waals surface area contributed by atoms with Crippen LogP contribution < -0.4 is 0 Å². The lowest BCUT2D eigenvalue weighted by atomic mass is 9.83. The van der Waals surface area contributed by atoms with Gasteiger partial charge in [0.2, 0.25) is 0 Å². The van der Waals surface area contributed by atoms with Crippen molar-refractivity contribution < 1.29 is 27.8 Å². The van der Waals surface area contributed by atoms with Gasteiger partial charge in [0, 0.05) is 13.1 Å². The normalized spacial score (nSPS) is 21.5. The number of pyridine rings is 1. The molecule has 1 aliphatic rings. The summed E-state index contributed by atoms with van der Waals surface area (Å²) in [5.74, 6) is 0. The fourth-order valence-corrected chi connectivity index (χ4v) is 2.91. The number of aliphatic hydroxyl groups excluding tert-OH is 1. The fraction of sp³-hybridized carbons (Fsp3) is 0.625. The number of carbonyl (C=O) groups excluding carboxylic acids is 1. The summed E-state index contributed by atoms with van der Waals surface area (Å²) in [6.45, 7) is 4.93. The molecule has 2 heterocycles. The van der Waals surface area contributed by atoms with Crippen molar-refractivity contribution in [3.05, 3.63) is 28.5 Å². The summed E-state index contributed by atoms with van der Waals surface area (Å²) >= 11 is 5.74. The first kappa shape index (κ1) is 19.8. The highest BCUT2D eigenvalue weighted by Gasteiger charge is 2.44. The van der Waals surface area contributed by atoms with Crippen molar-refractivity contribution in [2.24, 2.45) is 0 Å². The van der Waals surface area contributed by atoms with E-state index in [2.05, 4.69) is 4.98 Å². The van der Waals surface area contributed by atoms with Crippen molar-refractivity contribution in [1.29, 1.82) is 0 Å². The van der Waals surface area contributed by atoms with Crippen LogP contribution in [0.1, 0.15) is 38.4 Å². The van der Waals surface area contributed by atoms with Crippen molar-refractivity contribution in [2.45, 2.75) is 44.4 Å². The number of likely N-dealkylation sites (tertiary alicyclic amines) is 1. The van der Waals surface area contributed by atoms with Gasteiger partial charge < -0.3 is 14.7 Å². The lowest BCUT2D eigenvalue weighted by Gasteiger charge is -2.28. The van der Waals surface area contributed by atoms with E-state index in [0.29, 0.717) is 0 Å². The molecule has 0 spiro atoms. The number of carbonyl (C=O) groups is 1. The monoisotopic (exact) mass is 380 g/mol. The lowest BCUT2D eigenvalue weighted by Crippen LogP contribution is -2.40. The Hall–Kier alpha value is -1.54. The van der Waals surface area contributed by atoms with E-state index in [0.717, 1.165) is 12.1 Å². The maximum absolute atomic E-state index is 13.0. The number of alkyl halides is 3. The molecule has 1 amide bonds. The molecule has 140 valence electrons. The molecular formula is C16H20ClF3N2O3. The van der Waals surface area contributed by atoms with E-state index < -0.39 is 35.5 Å². The van der Waals surface area contributed by atoms with Crippen molar-refractivity contribution >= 4 is 17.7 Å². The summed E-state index contributed by atoms with van der Waals surface area (Å²) in [5.41, 5.74) is -2.73. The van der Waals surface area contributed by atoms with Gasteiger partial charge in [0.05, 0.1) is 23.3 Å². The Balaban J connectivity index is 2.31. The molecule has 9 heteroatoms. The summed E-state index contributed by atoms with van der Waals surface area (Å²) in [4.78, 5) is 17.5. The van der Waals surface area contributed by atoms with E-state index >= 15 is 0 Å². The number of hydrogen-bond donors (Lipinski definition) is 1. The highest BCUT2D eigenvalue weighted by atomic mass is 35.5. The maximum atomic E-state index is 13.0. The number of aliphatic hydroxyl groups is 1. The zero-order valence-electron chi connectivity index (χ0n) is 14.2.